The number of nitrogens with zero attached hydrogens (tertiary/aromatic N) is 2. The second-order valence-corrected chi connectivity index (χ2v) is 4.18. The quantitative estimate of drug-likeness (QED) is 0.702. The molecule has 1 aliphatic heterocycles. The lowest BCUT2D eigenvalue weighted by molar-refractivity contribution is 0.152. The van der Waals surface area contributed by atoms with Gasteiger partial charge in [0.25, 0.3) is 0 Å². The van der Waals surface area contributed by atoms with Crippen LogP contribution in [0.5, 0.6) is 0 Å². The molecule has 1 heterocycles. The molecule has 0 unspecified atom stereocenters. The van der Waals surface area contributed by atoms with Crippen molar-refractivity contribution in [2.24, 2.45) is 0 Å². The molecule has 1 fully saturated rings. The predicted molar refractivity (Wildman–Crippen MR) is 64.1 cm³/mol. The van der Waals surface area contributed by atoms with Crippen molar-refractivity contribution in [2.75, 3.05) is 26.4 Å². The summed E-state index contributed by atoms with van der Waals surface area (Å²) in [5.74, 6) is 0. The lowest BCUT2D eigenvalue weighted by atomic mass is 10.3. The molecule has 0 aliphatic carbocycles. The third-order valence-electron chi connectivity index (χ3n) is 2.43. The molecule has 1 rings (SSSR count). The molecule has 0 atom stereocenters. The van der Waals surface area contributed by atoms with Gasteiger partial charge in [-0.05, 0) is 25.1 Å². The van der Waals surface area contributed by atoms with Gasteiger partial charge in [0.1, 0.15) is 0 Å². The van der Waals surface area contributed by atoms with Crippen LogP contribution in [0, 0.1) is 0 Å². The Morgan fingerprint density at radius 1 is 1.29 bits per heavy atom. The predicted octanol–water partition coefficient (Wildman–Crippen LogP) is 1.60. The van der Waals surface area contributed by atoms with Crippen LogP contribution in [0.15, 0.2) is 0 Å². The highest BCUT2D eigenvalue weighted by molar-refractivity contribution is 7.80. The van der Waals surface area contributed by atoms with Gasteiger partial charge in [-0.25, -0.2) is 0 Å². The van der Waals surface area contributed by atoms with E-state index in [0.29, 0.717) is 0 Å². The Labute approximate surface area is 92.4 Å². The van der Waals surface area contributed by atoms with Crippen LogP contribution in [0.25, 0.3) is 0 Å². The molecule has 0 aromatic carbocycles. The zero-order valence-corrected chi connectivity index (χ0v) is 10.1. The van der Waals surface area contributed by atoms with Crippen LogP contribution in [0.3, 0.4) is 0 Å². The minimum Gasteiger partial charge on any atom is -0.350 e. The fourth-order valence-electron chi connectivity index (χ4n) is 1.63. The molecular formula is C10H21N3S. The SMILES string of the molecule is CCCCN1CN(CCC)CNC1=S. The molecule has 0 amide bonds. The van der Waals surface area contributed by atoms with Gasteiger partial charge in [0.2, 0.25) is 0 Å². The summed E-state index contributed by atoms with van der Waals surface area (Å²) in [5.41, 5.74) is 0. The number of hydrogen-bond acceptors (Lipinski definition) is 2. The summed E-state index contributed by atoms with van der Waals surface area (Å²) in [6.07, 6.45) is 3.66. The molecule has 0 radical (unpaired) electrons. The van der Waals surface area contributed by atoms with Gasteiger partial charge < -0.3 is 10.2 Å². The first-order chi connectivity index (χ1) is 6.77. The molecule has 14 heavy (non-hydrogen) atoms. The standard InChI is InChI=1S/C10H21N3S/c1-3-5-7-13-9-12(6-4-2)8-11-10(13)14/h3-9H2,1-2H3,(H,11,14). The van der Waals surface area contributed by atoms with Crippen LogP contribution in [0.2, 0.25) is 0 Å². The van der Waals surface area contributed by atoms with Crippen molar-refractivity contribution in [3.8, 4) is 0 Å². The van der Waals surface area contributed by atoms with Gasteiger partial charge in [-0.2, -0.15) is 0 Å². The van der Waals surface area contributed by atoms with E-state index >= 15 is 0 Å². The Kier molecular flexibility index (Phi) is 5.19. The van der Waals surface area contributed by atoms with Crippen molar-refractivity contribution in [2.45, 2.75) is 33.1 Å². The van der Waals surface area contributed by atoms with E-state index in [9.17, 15) is 0 Å². The van der Waals surface area contributed by atoms with E-state index in [0.717, 1.165) is 31.5 Å². The molecule has 1 saturated heterocycles. The summed E-state index contributed by atoms with van der Waals surface area (Å²) in [6.45, 7) is 8.57. The Morgan fingerprint density at radius 3 is 2.71 bits per heavy atom. The summed E-state index contributed by atoms with van der Waals surface area (Å²) < 4.78 is 0. The van der Waals surface area contributed by atoms with Crippen molar-refractivity contribution < 1.29 is 0 Å². The Balaban J connectivity index is 2.34. The van der Waals surface area contributed by atoms with Crippen LogP contribution in [-0.2, 0) is 0 Å². The van der Waals surface area contributed by atoms with E-state index in [4.69, 9.17) is 12.2 Å². The topological polar surface area (TPSA) is 18.5 Å². The van der Waals surface area contributed by atoms with Crippen LogP contribution in [0.1, 0.15) is 33.1 Å². The Hall–Kier alpha value is -0.350. The number of rotatable bonds is 5. The second kappa shape index (κ2) is 6.19. The van der Waals surface area contributed by atoms with Crippen LogP contribution in [0.4, 0.5) is 0 Å². The van der Waals surface area contributed by atoms with E-state index in [-0.39, 0.29) is 0 Å². The molecule has 1 aliphatic rings. The highest BCUT2D eigenvalue weighted by atomic mass is 32.1. The molecule has 0 aromatic rings. The molecular weight excluding hydrogens is 194 g/mol. The average Bonchev–Trinajstić information content (AvgIpc) is 2.19. The van der Waals surface area contributed by atoms with Gasteiger partial charge >= 0.3 is 0 Å². The van der Waals surface area contributed by atoms with Crippen molar-refractivity contribution in [1.29, 1.82) is 0 Å². The highest BCUT2D eigenvalue weighted by Gasteiger charge is 2.18. The first-order valence-corrected chi connectivity index (χ1v) is 5.93. The number of nitrogens with one attached hydrogen (secondary N) is 1. The van der Waals surface area contributed by atoms with Crippen LogP contribution in [-0.4, -0.2) is 41.3 Å². The average molecular weight is 215 g/mol. The van der Waals surface area contributed by atoms with Gasteiger partial charge in [0, 0.05) is 13.1 Å². The van der Waals surface area contributed by atoms with Crippen molar-refractivity contribution in [3.63, 3.8) is 0 Å². The largest absolute Gasteiger partial charge is 0.350 e. The van der Waals surface area contributed by atoms with Gasteiger partial charge in [-0.15, -0.1) is 0 Å². The molecule has 0 bridgehead atoms. The maximum Gasteiger partial charge on any atom is 0.170 e. The van der Waals surface area contributed by atoms with E-state index in [1.165, 1.54) is 19.3 Å². The number of thiocarbonyl (C=S) groups is 1. The zero-order chi connectivity index (χ0) is 10.4. The summed E-state index contributed by atoms with van der Waals surface area (Å²) in [5, 5.41) is 4.18. The van der Waals surface area contributed by atoms with Crippen LogP contribution < -0.4 is 5.32 Å². The molecule has 4 heteroatoms. The van der Waals surface area contributed by atoms with Gasteiger partial charge in [0.15, 0.2) is 5.11 Å². The molecule has 82 valence electrons. The fourth-order valence-corrected chi connectivity index (χ4v) is 1.85. The monoisotopic (exact) mass is 215 g/mol. The first kappa shape index (κ1) is 11.7. The van der Waals surface area contributed by atoms with E-state index in [2.05, 4.69) is 29.0 Å². The van der Waals surface area contributed by atoms with Gasteiger partial charge in [-0.3, -0.25) is 4.90 Å². The number of unbranched alkanes of at least 4 members (excludes halogenated alkanes) is 1. The first-order valence-electron chi connectivity index (χ1n) is 5.53. The van der Waals surface area contributed by atoms with E-state index in [1.807, 2.05) is 0 Å². The number of hydrogen-bond donors (Lipinski definition) is 1. The summed E-state index contributed by atoms with van der Waals surface area (Å²) >= 11 is 5.27. The minimum atomic E-state index is 0.912. The Bertz CT molecular complexity index is 184. The molecule has 3 nitrogen and oxygen atoms in total. The fraction of sp³-hybridized carbons (Fsp3) is 0.900. The van der Waals surface area contributed by atoms with Crippen LogP contribution >= 0.6 is 12.2 Å². The molecule has 1 N–H and O–H groups in total. The lowest BCUT2D eigenvalue weighted by Crippen LogP contribution is -2.56. The smallest absolute Gasteiger partial charge is 0.170 e. The van der Waals surface area contributed by atoms with Crippen molar-refractivity contribution in [1.82, 2.24) is 15.1 Å². The van der Waals surface area contributed by atoms with E-state index < -0.39 is 0 Å². The summed E-state index contributed by atoms with van der Waals surface area (Å²) in [7, 11) is 0. The molecule has 0 spiro atoms. The highest BCUT2D eigenvalue weighted by Crippen LogP contribution is 2.04. The maximum atomic E-state index is 5.27. The normalized spacial score (nSPS) is 18.4. The van der Waals surface area contributed by atoms with Crippen molar-refractivity contribution in [3.05, 3.63) is 0 Å². The molecule has 0 saturated carbocycles. The van der Waals surface area contributed by atoms with Gasteiger partial charge in [0.05, 0.1) is 13.3 Å². The van der Waals surface area contributed by atoms with Crippen molar-refractivity contribution >= 4 is 17.3 Å². The Morgan fingerprint density at radius 2 is 2.07 bits per heavy atom. The second-order valence-electron chi connectivity index (χ2n) is 3.79. The lowest BCUT2D eigenvalue weighted by Gasteiger charge is -2.37. The summed E-state index contributed by atoms with van der Waals surface area (Å²) in [6, 6.07) is 0. The third kappa shape index (κ3) is 3.42. The zero-order valence-electron chi connectivity index (χ0n) is 9.25. The van der Waals surface area contributed by atoms with Gasteiger partial charge in [-0.1, -0.05) is 20.3 Å². The van der Waals surface area contributed by atoms with E-state index in [1.54, 1.807) is 0 Å². The maximum absolute atomic E-state index is 5.27. The summed E-state index contributed by atoms with van der Waals surface area (Å²) in [4.78, 5) is 4.66. The third-order valence-corrected chi connectivity index (χ3v) is 2.84. The molecule has 0 aromatic heterocycles. The minimum absolute atomic E-state index is 0.912.